The van der Waals surface area contributed by atoms with Gasteiger partial charge in [0, 0.05) is 19.6 Å². The molecule has 3 rings (SSSR count). The maximum Gasteiger partial charge on any atom is 0.0233 e. The second-order valence-electron chi connectivity index (χ2n) is 7.69. The first-order valence-corrected chi connectivity index (χ1v) is 9.66. The van der Waals surface area contributed by atoms with Gasteiger partial charge in [-0.15, -0.1) is 0 Å². The number of benzene rings is 1. The molecule has 0 amide bonds. The van der Waals surface area contributed by atoms with Crippen molar-refractivity contribution in [2.75, 3.05) is 13.1 Å². The molecule has 2 saturated carbocycles. The van der Waals surface area contributed by atoms with Crippen LogP contribution in [0.15, 0.2) is 30.3 Å². The summed E-state index contributed by atoms with van der Waals surface area (Å²) in [4.78, 5) is 2.79. The van der Waals surface area contributed by atoms with E-state index in [1.807, 2.05) is 0 Å². The Morgan fingerprint density at radius 2 is 1.18 bits per heavy atom. The summed E-state index contributed by atoms with van der Waals surface area (Å²) in [6.07, 6.45) is 14.7. The van der Waals surface area contributed by atoms with Crippen LogP contribution in [0.4, 0.5) is 0 Å². The molecule has 0 saturated heterocycles. The summed E-state index contributed by atoms with van der Waals surface area (Å²) in [5, 5.41) is 0. The van der Waals surface area contributed by atoms with E-state index in [-0.39, 0.29) is 0 Å². The Hall–Kier alpha value is -0.820. The number of hydrogen-bond donors (Lipinski definition) is 0. The van der Waals surface area contributed by atoms with Gasteiger partial charge in [-0.25, -0.2) is 0 Å². The van der Waals surface area contributed by atoms with Gasteiger partial charge in [-0.1, -0.05) is 68.9 Å². The van der Waals surface area contributed by atoms with Crippen LogP contribution in [0, 0.1) is 11.8 Å². The minimum Gasteiger partial charge on any atom is -0.299 e. The highest BCUT2D eigenvalue weighted by atomic mass is 15.1. The minimum absolute atomic E-state index is 0.959. The van der Waals surface area contributed by atoms with Crippen LogP contribution in [0.1, 0.15) is 69.8 Å². The Labute approximate surface area is 137 Å². The Morgan fingerprint density at radius 1 is 0.682 bits per heavy atom. The van der Waals surface area contributed by atoms with Crippen LogP contribution in [-0.2, 0) is 6.54 Å². The number of hydrogen-bond acceptors (Lipinski definition) is 1. The molecule has 2 aliphatic rings. The summed E-state index contributed by atoms with van der Waals surface area (Å²) in [6.45, 7) is 3.84. The van der Waals surface area contributed by atoms with Crippen molar-refractivity contribution in [1.82, 2.24) is 4.90 Å². The molecule has 22 heavy (non-hydrogen) atoms. The van der Waals surface area contributed by atoms with E-state index in [0.29, 0.717) is 0 Å². The van der Waals surface area contributed by atoms with Gasteiger partial charge in [0.1, 0.15) is 0 Å². The molecule has 1 nitrogen and oxygen atoms in total. The molecule has 0 spiro atoms. The number of rotatable bonds is 6. The predicted molar refractivity (Wildman–Crippen MR) is 94.9 cm³/mol. The van der Waals surface area contributed by atoms with Gasteiger partial charge in [0.25, 0.3) is 0 Å². The Kier molecular flexibility index (Phi) is 6.36. The average Bonchev–Trinajstić information content (AvgIpc) is 2.57. The van der Waals surface area contributed by atoms with Gasteiger partial charge in [0.05, 0.1) is 0 Å². The second kappa shape index (κ2) is 8.72. The van der Waals surface area contributed by atoms with Crippen LogP contribution in [0.5, 0.6) is 0 Å². The monoisotopic (exact) mass is 299 g/mol. The van der Waals surface area contributed by atoms with Crippen LogP contribution in [0.3, 0.4) is 0 Å². The maximum atomic E-state index is 2.79. The lowest BCUT2D eigenvalue weighted by Gasteiger charge is -2.33. The number of nitrogens with zero attached hydrogens (tertiary/aromatic N) is 1. The standard InChI is InChI=1S/C21H33N/c1-4-10-19(11-5-1)16-22(17-20-12-6-2-7-13-20)18-21-14-8-3-9-15-21/h1,4-5,10-11,20-21H,2-3,6-9,12-18H2. The van der Waals surface area contributed by atoms with Crippen molar-refractivity contribution in [2.45, 2.75) is 70.8 Å². The summed E-state index contributed by atoms with van der Waals surface area (Å²) in [7, 11) is 0. The molecule has 0 bridgehead atoms. The Bertz CT molecular complexity index is 381. The molecule has 1 heteroatoms. The predicted octanol–water partition coefficient (Wildman–Crippen LogP) is 5.65. The molecular formula is C21H33N. The maximum absolute atomic E-state index is 2.79. The quantitative estimate of drug-likeness (QED) is 0.656. The van der Waals surface area contributed by atoms with Crippen molar-refractivity contribution in [3.05, 3.63) is 35.9 Å². The minimum atomic E-state index is 0.959. The molecule has 2 aliphatic carbocycles. The van der Waals surface area contributed by atoms with Crippen LogP contribution in [0.25, 0.3) is 0 Å². The molecule has 0 N–H and O–H groups in total. The molecule has 0 heterocycles. The zero-order valence-corrected chi connectivity index (χ0v) is 14.2. The first-order chi connectivity index (χ1) is 10.9. The molecule has 0 radical (unpaired) electrons. The molecule has 122 valence electrons. The largest absolute Gasteiger partial charge is 0.299 e. The van der Waals surface area contributed by atoms with Crippen molar-refractivity contribution in [1.29, 1.82) is 0 Å². The van der Waals surface area contributed by atoms with E-state index in [1.165, 1.54) is 82.9 Å². The summed E-state index contributed by atoms with van der Waals surface area (Å²) < 4.78 is 0. The van der Waals surface area contributed by atoms with Gasteiger partial charge in [0.2, 0.25) is 0 Å². The van der Waals surface area contributed by atoms with Crippen molar-refractivity contribution < 1.29 is 0 Å². The van der Waals surface area contributed by atoms with Gasteiger partial charge in [-0.05, 0) is 43.1 Å². The van der Waals surface area contributed by atoms with Crippen molar-refractivity contribution in [3.63, 3.8) is 0 Å². The van der Waals surface area contributed by atoms with Crippen molar-refractivity contribution in [3.8, 4) is 0 Å². The molecule has 0 atom stereocenters. The van der Waals surface area contributed by atoms with E-state index in [2.05, 4.69) is 35.2 Å². The van der Waals surface area contributed by atoms with E-state index in [1.54, 1.807) is 0 Å². The third-order valence-electron chi connectivity index (χ3n) is 5.73. The Balaban J connectivity index is 1.58. The molecule has 1 aromatic rings. The molecule has 1 aromatic carbocycles. The lowest BCUT2D eigenvalue weighted by Crippen LogP contribution is -2.35. The van der Waals surface area contributed by atoms with Crippen LogP contribution in [-0.4, -0.2) is 18.0 Å². The normalized spacial score (nSPS) is 21.3. The lowest BCUT2D eigenvalue weighted by atomic mass is 9.86. The van der Waals surface area contributed by atoms with E-state index in [0.717, 1.165) is 18.4 Å². The SMILES string of the molecule is c1ccc(CN(CC2CCCCC2)CC2CCCCC2)cc1. The van der Waals surface area contributed by atoms with E-state index in [4.69, 9.17) is 0 Å². The van der Waals surface area contributed by atoms with Crippen LogP contribution < -0.4 is 0 Å². The first kappa shape index (κ1) is 16.1. The molecule has 0 aliphatic heterocycles. The lowest BCUT2D eigenvalue weighted by molar-refractivity contribution is 0.153. The Morgan fingerprint density at radius 3 is 1.68 bits per heavy atom. The van der Waals surface area contributed by atoms with Gasteiger partial charge in [-0.3, -0.25) is 4.90 Å². The highest BCUT2D eigenvalue weighted by Crippen LogP contribution is 2.28. The van der Waals surface area contributed by atoms with E-state index >= 15 is 0 Å². The van der Waals surface area contributed by atoms with E-state index < -0.39 is 0 Å². The van der Waals surface area contributed by atoms with Gasteiger partial charge in [-0.2, -0.15) is 0 Å². The third kappa shape index (κ3) is 5.12. The molecule has 2 fully saturated rings. The van der Waals surface area contributed by atoms with Gasteiger partial charge >= 0.3 is 0 Å². The summed E-state index contributed by atoms with van der Waals surface area (Å²) in [6, 6.07) is 11.1. The summed E-state index contributed by atoms with van der Waals surface area (Å²) >= 11 is 0. The third-order valence-corrected chi connectivity index (χ3v) is 5.73. The average molecular weight is 300 g/mol. The second-order valence-corrected chi connectivity index (χ2v) is 7.69. The topological polar surface area (TPSA) is 3.24 Å². The molecular weight excluding hydrogens is 266 g/mol. The van der Waals surface area contributed by atoms with Gasteiger partial charge < -0.3 is 0 Å². The fourth-order valence-corrected chi connectivity index (χ4v) is 4.51. The molecule has 0 aromatic heterocycles. The van der Waals surface area contributed by atoms with Crippen LogP contribution >= 0.6 is 0 Å². The summed E-state index contributed by atoms with van der Waals surface area (Å²) in [5.41, 5.74) is 1.49. The fraction of sp³-hybridized carbons (Fsp3) is 0.714. The van der Waals surface area contributed by atoms with Crippen molar-refractivity contribution in [2.24, 2.45) is 11.8 Å². The van der Waals surface area contributed by atoms with E-state index in [9.17, 15) is 0 Å². The smallest absolute Gasteiger partial charge is 0.0233 e. The highest BCUT2D eigenvalue weighted by molar-refractivity contribution is 5.14. The fourth-order valence-electron chi connectivity index (χ4n) is 4.51. The first-order valence-electron chi connectivity index (χ1n) is 9.66. The zero-order valence-electron chi connectivity index (χ0n) is 14.2. The van der Waals surface area contributed by atoms with Crippen LogP contribution in [0.2, 0.25) is 0 Å². The summed E-state index contributed by atoms with van der Waals surface area (Å²) in [5.74, 6) is 1.92. The van der Waals surface area contributed by atoms with Crippen molar-refractivity contribution >= 4 is 0 Å². The zero-order chi connectivity index (χ0) is 15.0. The highest BCUT2D eigenvalue weighted by Gasteiger charge is 2.21. The molecule has 0 unspecified atom stereocenters. The van der Waals surface area contributed by atoms with Gasteiger partial charge in [0.15, 0.2) is 0 Å².